The van der Waals surface area contributed by atoms with E-state index in [-0.39, 0.29) is 35.2 Å². The second kappa shape index (κ2) is 35.4. The van der Waals surface area contributed by atoms with Gasteiger partial charge in [0, 0.05) is 132 Å². The van der Waals surface area contributed by atoms with Gasteiger partial charge in [-0.15, -0.1) is 0 Å². The first-order valence-corrected chi connectivity index (χ1v) is 37.3. The molecule has 0 atom stereocenters. The monoisotopic (exact) mass is 1560 g/mol. The molecular weight excluding hydrogens is 1480 g/mol. The maximum Gasteiger partial charge on any atom is 0.321 e. The molecule has 36 heteroatoms. The molecule has 590 valence electrons. The van der Waals surface area contributed by atoms with Crippen molar-refractivity contribution in [3.05, 3.63) is 210 Å². The van der Waals surface area contributed by atoms with Crippen molar-refractivity contribution in [2.24, 2.45) is 5.92 Å². The van der Waals surface area contributed by atoms with Crippen LogP contribution in [0, 0.1) is 19.8 Å². The lowest BCUT2D eigenvalue weighted by Crippen LogP contribution is -2.28. The molecule has 0 spiro atoms. The van der Waals surface area contributed by atoms with E-state index in [1.165, 1.54) is 12.8 Å². The van der Waals surface area contributed by atoms with Gasteiger partial charge in [0.2, 0.25) is 29.7 Å². The molecule has 1 fully saturated rings. The Morgan fingerprint density at radius 3 is 1.28 bits per heavy atom. The van der Waals surface area contributed by atoms with Gasteiger partial charge < -0.3 is 64.0 Å². The standard InChI is InChI=1S/C22H23N7O2.C21H23N7O3.C19H18N6O2.C18H17N7O2/c1-2-23-22(31)27-21-25-17-10-16(11-18(20(17)26-21)29-8-3-7-24-29)15-6-9-28(19(30)12-15)13-14-4-5-14;1-3-22-21(30)26-20-24-16-11-15(12-17(19(16)25-20)28-7-4-6-23-28)14-5-8-27(9-10-31-2)18(29)13-14;1-3-21-19(26)25-18-23-15-8-13(12-5-4-6-20-10-12)7-14(16(15)24-18)17-22-9-11(2)27-17;1-3-20-18(26)24-17-22-14-8-12(11-5-4-6-19-9-11)7-13(15(14)23-17)16-21-10(2)25-27-16/h3,6-12,14H,2,4-5,13H2,1H3,(H3,23,25,26,27,31);4-8,11-13H,3,9-10H2,1-2H3,(H3,22,24,25,26,30);4-10H,3H2,1-2H3,(H3,21,23,24,25,26);4-9H,3H2,1-2H3,(H3,20,22,23,24,26). The second-order valence-electron chi connectivity index (χ2n) is 26.5. The Hall–Kier alpha value is -15.2. The summed E-state index contributed by atoms with van der Waals surface area (Å²) in [6, 6.07) is 32.6. The Morgan fingerprint density at radius 1 is 0.474 bits per heavy atom. The van der Waals surface area contributed by atoms with E-state index in [0.717, 1.165) is 84.5 Å². The number of pyridine rings is 4. The van der Waals surface area contributed by atoms with Crippen LogP contribution in [0.15, 0.2) is 196 Å². The highest BCUT2D eigenvalue weighted by atomic mass is 16.5. The number of nitrogens with zero attached hydrogens (tertiary/aromatic N) is 15. The summed E-state index contributed by atoms with van der Waals surface area (Å²) in [5, 5.41) is 34.0. The molecule has 0 radical (unpaired) electrons. The zero-order valence-electron chi connectivity index (χ0n) is 64.1. The van der Waals surface area contributed by atoms with Gasteiger partial charge in [0.1, 0.15) is 27.8 Å². The van der Waals surface area contributed by atoms with Gasteiger partial charge in [0.25, 0.3) is 17.0 Å². The number of carbonyl (C=O) groups is 4. The number of urea groups is 4. The van der Waals surface area contributed by atoms with Crippen LogP contribution < -0.4 is 53.7 Å². The first-order chi connectivity index (χ1) is 56.5. The van der Waals surface area contributed by atoms with Crippen molar-refractivity contribution < 1.29 is 32.9 Å². The summed E-state index contributed by atoms with van der Waals surface area (Å²) in [7, 11) is 1.60. The number of hydrogen-bond donors (Lipinski definition) is 12. The number of hydrogen-bond acceptors (Lipinski definition) is 20. The average molecular weight is 1560 g/mol. The molecule has 0 aliphatic heterocycles. The van der Waals surface area contributed by atoms with Crippen molar-refractivity contribution >= 4 is 92.1 Å². The Kier molecular flexibility index (Phi) is 23.7. The van der Waals surface area contributed by atoms with E-state index in [1.54, 1.807) is 94.2 Å². The summed E-state index contributed by atoms with van der Waals surface area (Å²) in [4.78, 5) is 120. The molecule has 17 rings (SSSR count). The number of oxazole rings is 1. The lowest BCUT2D eigenvalue weighted by Gasteiger charge is -2.09. The minimum absolute atomic E-state index is 0.00617. The average Bonchev–Trinajstić information content (AvgIpc) is 1.62. The zero-order chi connectivity index (χ0) is 80.8. The van der Waals surface area contributed by atoms with Crippen LogP contribution in [0.2, 0.25) is 0 Å². The van der Waals surface area contributed by atoms with Crippen molar-refractivity contribution in [1.82, 2.24) is 115 Å². The molecule has 1 aliphatic carbocycles. The Labute approximate surface area is 659 Å². The number of aryl methyl sites for hydroxylation is 2. The van der Waals surface area contributed by atoms with Gasteiger partial charge in [-0.25, -0.2) is 53.5 Å². The van der Waals surface area contributed by atoms with Crippen molar-refractivity contribution in [1.29, 1.82) is 0 Å². The fourth-order valence-corrected chi connectivity index (χ4v) is 12.5. The number of aromatic nitrogens is 19. The van der Waals surface area contributed by atoms with Gasteiger partial charge in [-0.05, 0) is 179 Å². The molecule has 16 aromatic rings. The number of methoxy groups -OCH3 is 1. The van der Waals surface area contributed by atoms with Crippen LogP contribution in [-0.4, -0.2) is 158 Å². The summed E-state index contributed by atoms with van der Waals surface area (Å²) in [6.45, 7) is 14.8. The van der Waals surface area contributed by atoms with Crippen molar-refractivity contribution in [2.75, 3.05) is 61.2 Å². The van der Waals surface area contributed by atoms with Crippen LogP contribution in [0.1, 0.15) is 52.1 Å². The van der Waals surface area contributed by atoms with Crippen LogP contribution in [0.25, 0.3) is 123 Å². The van der Waals surface area contributed by atoms with E-state index in [0.29, 0.717) is 126 Å². The quantitative estimate of drug-likeness (QED) is 0.0318. The fraction of sp³-hybridized carbons (Fsp3) is 0.212. The maximum atomic E-state index is 12.6. The van der Waals surface area contributed by atoms with E-state index in [2.05, 4.69) is 118 Å². The SMILES string of the molecule is CCNC(=O)Nc1nc2c(-c3nc(C)no3)cc(-c3cccnc3)cc2[nH]1.CCNC(=O)Nc1nc2c(-c3ncc(C)o3)cc(-c3cccnc3)cc2[nH]1.CCNC(=O)Nc1nc2c(-n3cccn3)cc(-c3ccn(CC4CC4)c(=O)c3)cc2[nH]1.CCNC(=O)Nc1nc2c(-n3cccn3)cc(-c3ccn(CCOC)c(=O)c3)cc2[nH]1. The van der Waals surface area contributed by atoms with Crippen LogP contribution in [0.4, 0.5) is 43.0 Å². The van der Waals surface area contributed by atoms with E-state index >= 15 is 0 Å². The highest BCUT2D eigenvalue weighted by Crippen LogP contribution is 2.37. The summed E-state index contributed by atoms with van der Waals surface area (Å²) < 4.78 is 22.9. The molecule has 0 bridgehead atoms. The summed E-state index contributed by atoms with van der Waals surface area (Å²) in [6.07, 6.45) is 21.7. The molecule has 0 unspecified atom stereocenters. The predicted octanol–water partition coefficient (Wildman–Crippen LogP) is 12.3. The number of nitrogens with one attached hydrogen (secondary N) is 12. The highest BCUT2D eigenvalue weighted by Gasteiger charge is 2.24. The number of imidazole rings is 4. The zero-order valence-corrected chi connectivity index (χ0v) is 64.1. The van der Waals surface area contributed by atoms with E-state index in [9.17, 15) is 28.8 Å². The number of H-pyrrole nitrogens is 4. The number of anilines is 4. The third-order valence-corrected chi connectivity index (χ3v) is 18.0. The van der Waals surface area contributed by atoms with Crippen LogP contribution >= 0.6 is 0 Å². The summed E-state index contributed by atoms with van der Waals surface area (Å²) in [5.74, 6) is 4.04. The first kappa shape index (κ1) is 77.5. The van der Waals surface area contributed by atoms with Crippen molar-refractivity contribution in [3.63, 3.8) is 0 Å². The molecule has 12 N–H and O–H groups in total. The highest BCUT2D eigenvalue weighted by molar-refractivity contribution is 6.00. The third kappa shape index (κ3) is 18.5. The molecular formula is C80H81N27O9. The van der Waals surface area contributed by atoms with Gasteiger partial charge in [-0.1, -0.05) is 17.3 Å². The molecule has 36 nitrogen and oxygen atoms in total. The van der Waals surface area contributed by atoms with Gasteiger partial charge >= 0.3 is 24.1 Å². The van der Waals surface area contributed by atoms with E-state index in [4.69, 9.17) is 13.7 Å². The van der Waals surface area contributed by atoms with Crippen molar-refractivity contribution in [2.45, 2.75) is 67.5 Å². The molecule has 1 saturated carbocycles. The van der Waals surface area contributed by atoms with Crippen LogP contribution in [0.5, 0.6) is 0 Å². The van der Waals surface area contributed by atoms with Gasteiger partial charge in [-0.3, -0.25) is 40.8 Å². The Balaban J connectivity index is 0.000000128. The number of fused-ring (bicyclic) bond motifs is 4. The smallest absolute Gasteiger partial charge is 0.321 e. The molecule has 116 heavy (non-hydrogen) atoms. The van der Waals surface area contributed by atoms with Gasteiger partial charge in [0.05, 0.1) is 57.4 Å². The first-order valence-electron chi connectivity index (χ1n) is 37.3. The molecule has 12 heterocycles. The molecule has 1 aliphatic rings. The number of carbonyl (C=O) groups excluding carboxylic acids is 4. The van der Waals surface area contributed by atoms with Gasteiger partial charge in [0.15, 0.2) is 5.82 Å². The maximum absolute atomic E-state index is 12.6. The minimum Gasteiger partial charge on any atom is -0.441 e. The molecule has 8 amide bonds. The van der Waals surface area contributed by atoms with Gasteiger partial charge in [-0.2, -0.15) is 15.2 Å². The van der Waals surface area contributed by atoms with Crippen molar-refractivity contribution in [3.8, 4) is 78.8 Å². The fourth-order valence-electron chi connectivity index (χ4n) is 12.5. The minimum atomic E-state index is -0.345. The number of aromatic amines is 4. The van der Waals surface area contributed by atoms with E-state index in [1.807, 2.05) is 150 Å². The topological polar surface area (TPSA) is 459 Å². The third-order valence-electron chi connectivity index (χ3n) is 18.0. The van der Waals surface area contributed by atoms with Crippen LogP contribution in [-0.2, 0) is 17.8 Å². The Bertz CT molecular complexity index is 6090. The Morgan fingerprint density at radius 2 is 0.905 bits per heavy atom. The lowest BCUT2D eigenvalue weighted by atomic mass is 10.0. The number of rotatable bonds is 21. The van der Waals surface area contributed by atoms with E-state index < -0.39 is 0 Å². The predicted molar refractivity (Wildman–Crippen MR) is 438 cm³/mol. The number of amides is 8. The summed E-state index contributed by atoms with van der Waals surface area (Å²) in [5.41, 5.74) is 15.3. The number of ether oxygens (including phenoxy) is 1. The normalized spacial score (nSPS) is 11.6. The summed E-state index contributed by atoms with van der Waals surface area (Å²) >= 11 is 0. The number of benzene rings is 4. The molecule has 0 saturated heterocycles. The molecule has 12 aromatic heterocycles. The largest absolute Gasteiger partial charge is 0.441 e. The van der Waals surface area contributed by atoms with Crippen LogP contribution in [0.3, 0.4) is 0 Å². The second-order valence-corrected chi connectivity index (χ2v) is 26.5. The lowest BCUT2D eigenvalue weighted by molar-refractivity contribution is 0.186. The molecule has 4 aromatic carbocycles.